The highest BCUT2D eigenvalue weighted by atomic mass is 15.1. The largest absolute Gasteiger partial charge is 0.301 e. The Hall–Kier alpha value is -1.60. The van der Waals surface area contributed by atoms with Gasteiger partial charge in [0.15, 0.2) is 0 Å². The summed E-state index contributed by atoms with van der Waals surface area (Å²) in [6.45, 7) is 6.84. The van der Waals surface area contributed by atoms with Crippen LogP contribution in [0, 0.1) is 5.92 Å². The summed E-state index contributed by atoms with van der Waals surface area (Å²) in [7, 11) is 2.23. The Labute approximate surface area is 122 Å². The van der Waals surface area contributed by atoms with Crippen LogP contribution in [0.5, 0.6) is 0 Å². The summed E-state index contributed by atoms with van der Waals surface area (Å²) < 4.78 is 0. The van der Waals surface area contributed by atoms with Gasteiger partial charge in [-0.25, -0.2) is 0 Å². The molecule has 2 aromatic carbocycles. The highest BCUT2D eigenvalue weighted by molar-refractivity contribution is 5.46. The van der Waals surface area contributed by atoms with Gasteiger partial charge < -0.3 is 4.90 Å². The second-order valence-electron chi connectivity index (χ2n) is 6.32. The van der Waals surface area contributed by atoms with Gasteiger partial charge in [0.2, 0.25) is 0 Å². The number of fused-ring (bicyclic) bond motifs is 1. The minimum absolute atomic E-state index is 0.102. The van der Waals surface area contributed by atoms with E-state index in [1.54, 1.807) is 0 Å². The van der Waals surface area contributed by atoms with Crippen molar-refractivity contribution in [2.24, 2.45) is 5.92 Å². The molecule has 1 nitrogen and oxygen atoms in total. The van der Waals surface area contributed by atoms with Crippen LogP contribution < -0.4 is 0 Å². The van der Waals surface area contributed by atoms with Crippen molar-refractivity contribution in [3.8, 4) is 0 Å². The number of hydrogen-bond acceptors (Lipinski definition) is 1. The summed E-state index contributed by atoms with van der Waals surface area (Å²) in [4.78, 5) is 2.45. The second-order valence-corrected chi connectivity index (χ2v) is 6.32. The summed E-state index contributed by atoms with van der Waals surface area (Å²) in [6.07, 6.45) is 0. The SMILES string of the molecule is CC(C)C1(c2ccccc2)CN(C)Cc2ccccc21. The van der Waals surface area contributed by atoms with Gasteiger partial charge in [0.05, 0.1) is 0 Å². The molecular weight excluding hydrogens is 242 g/mol. The van der Waals surface area contributed by atoms with E-state index in [9.17, 15) is 0 Å². The molecule has 0 amide bonds. The van der Waals surface area contributed by atoms with E-state index in [2.05, 4.69) is 80.4 Å². The number of rotatable bonds is 2. The first kappa shape index (κ1) is 13.4. The molecule has 0 fully saturated rings. The van der Waals surface area contributed by atoms with E-state index >= 15 is 0 Å². The van der Waals surface area contributed by atoms with Gasteiger partial charge in [-0.3, -0.25) is 0 Å². The normalized spacial score (nSPS) is 22.8. The van der Waals surface area contributed by atoms with Crippen molar-refractivity contribution in [1.29, 1.82) is 0 Å². The molecule has 0 saturated carbocycles. The summed E-state index contributed by atoms with van der Waals surface area (Å²) in [5.74, 6) is 0.564. The Balaban J connectivity index is 2.26. The predicted molar refractivity (Wildman–Crippen MR) is 84.8 cm³/mol. The van der Waals surface area contributed by atoms with E-state index in [1.807, 2.05) is 0 Å². The molecule has 1 unspecified atom stereocenters. The van der Waals surface area contributed by atoms with Crippen molar-refractivity contribution < 1.29 is 0 Å². The first-order valence-corrected chi connectivity index (χ1v) is 7.47. The van der Waals surface area contributed by atoms with E-state index < -0.39 is 0 Å². The topological polar surface area (TPSA) is 3.24 Å². The average Bonchev–Trinajstić information content (AvgIpc) is 2.46. The standard InChI is InChI=1S/C19H23N/c1-15(2)19(17-10-5-4-6-11-17)14-20(3)13-16-9-7-8-12-18(16)19/h4-12,15H,13-14H2,1-3H3. The molecule has 2 aromatic rings. The highest BCUT2D eigenvalue weighted by Crippen LogP contribution is 2.44. The van der Waals surface area contributed by atoms with E-state index in [0.717, 1.165) is 13.1 Å². The smallest absolute Gasteiger partial charge is 0.0355 e. The van der Waals surface area contributed by atoms with Crippen molar-refractivity contribution in [3.05, 3.63) is 71.3 Å². The van der Waals surface area contributed by atoms with Gasteiger partial charge in [-0.1, -0.05) is 68.4 Å². The summed E-state index contributed by atoms with van der Waals surface area (Å²) >= 11 is 0. The molecule has 0 radical (unpaired) electrons. The molecule has 20 heavy (non-hydrogen) atoms. The molecule has 0 aromatic heterocycles. The van der Waals surface area contributed by atoms with Crippen LogP contribution in [0.3, 0.4) is 0 Å². The second kappa shape index (κ2) is 5.06. The zero-order valence-electron chi connectivity index (χ0n) is 12.6. The molecule has 0 bridgehead atoms. The molecule has 0 N–H and O–H groups in total. The van der Waals surface area contributed by atoms with E-state index in [-0.39, 0.29) is 5.41 Å². The maximum Gasteiger partial charge on any atom is 0.0355 e. The van der Waals surface area contributed by atoms with Crippen LogP contribution in [-0.2, 0) is 12.0 Å². The van der Waals surface area contributed by atoms with Crippen LogP contribution in [0.4, 0.5) is 0 Å². The Morgan fingerprint density at radius 1 is 0.950 bits per heavy atom. The van der Waals surface area contributed by atoms with Gasteiger partial charge in [-0.05, 0) is 29.7 Å². The number of likely N-dealkylation sites (N-methyl/N-ethyl adjacent to an activating group) is 1. The zero-order valence-corrected chi connectivity index (χ0v) is 12.6. The van der Waals surface area contributed by atoms with Gasteiger partial charge >= 0.3 is 0 Å². The molecule has 0 spiro atoms. The zero-order chi connectivity index (χ0) is 14.2. The van der Waals surface area contributed by atoms with Gasteiger partial charge in [0, 0.05) is 18.5 Å². The molecule has 1 aliphatic rings. The van der Waals surface area contributed by atoms with Crippen LogP contribution in [0.25, 0.3) is 0 Å². The fraction of sp³-hybridized carbons (Fsp3) is 0.368. The van der Waals surface area contributed by atoms with Gasteiger partial charge in [0.25, 0.3) is 0 Å². The monoisotopic (exact) mass is 265 g/mol. The Bertz CT molecular complexity index is 588. The Morgan fingerprint density at radius 2 is 1.60 bits per heavy atom. The minimum atomic E-state index is 0.102. The van der Waals surface area contributed by atoms with Crippen LogP contribution >= 0.6 is 0 Å². The molecule has 104 valence electrons. The van der Waals surface area contributed by atoms with Crippen molar-refractivity contribution in [3.63, 3.8) is 0 Å². The lowest BCUT2D eigenvalue weighted by Crippen LogP contribution is -2.48. The molecule has 1 aliphatic heterocycles. The van der Waals surface area contributed by atoms with E-state index in [0.29, 0.717) is 5.92 Å². The Kier molecular flexibility index (Phi) is 3.39. The molecule has 0 saturated heterocycles. The Morgan fingerprint density at radius 3 is 2.30 bits per heavy atom. The summed E-state index contributed by atoms with van der Waals surface area (Å²) in [5, 5.41) is 0. The van der Waals surface area contributed by atoms with Crippen LogP contribution in [0.15, 0.2) is 54.6 Å². The van der Waals surface area contributed by atoms with Crippen LogP contribution in [0.2, 0.25) is 0 Å². The fourth-order valence-electron chi connectivity index (χ4n) is 3.76. The van der Waals surface area contributed by atoms with Crippen molar-refractivity contribution >= 4 is 0 Å². The summed E-state index contributed by atoms with van der Waals surface area (Å²) in [5.41, 5.74) is 4.53. The lowest BCUT2D eigenvalue weighted by molar-refractivity contribution is 0.197. The van der Waals surface area contributed by atoms with Crippen molar-refractivity contribution in [1.82, 2.24) is 4.90 Å². The maximum absolute atomic E-state index is 2.45. The van der Waals surface area contributed by atoms with Gasteiger partial charge in [0.1, 0.15) is 0 Å². The van der Waals surface area contributed by atoms with Crippen LogP contribution in [-0.4, -0.2) is 18.5 Å². The van der Waals surface area contributed by atoms with E-state index in [4.69, 9.17) is 0 Å². The lowest BCUT2D eigenvalue weighted by Gasteiger charge is -2.46. The minimum Gasteiger partial charge on any atom is -0.301 e. The first-order chi connectivity index (χ1) is 9.64. The molecular formula is C19H23N. The number of benzene rings is 2. The molecule has 0 aliphatic carbocycles. The highest BCUT2D eigenvalue weighted by Gasteiger charge is 2.42. The molecule has 1 atom stereocenters. The molecule has 3 rings (SSSR count). The number of nitrogens with zero attached hydrogens (tertiary/aromatic N) is 1. The van der Waals surface area contributed by atoms with Crippen molar-refractivity contribution in [2.45, 2.75) is 25.8 Å². The third kappa shape index (κ3) is 1.97. The van der Waals surface area contributed by atoms with Crippen molar-refractivity contribution in [2.75, 3.05) is 13.6 Å². The van der Waals surface area contributed by atoms with E-state index in [1.165, 1.54) is 16.7 Å². The van der Waals surface area contributed by atoms with Gasteiger partial charge in [-0.15, -0.1) is 0 Å². The predicted octanol–water partition coefficient (Wildman–Crippen LogP) is 4.07. The van der Waals surface area contributed by atoms with Crippen LogP contribution in [0.1, 0.15) is 30.5 Å². The first-order valence-electron chi connectivity index (χ1n) is 7.47. The third-order valence-electron chi connectivity index (χ3n) is 4.73. The van der Waals surface area contributed by atoms with Gasteiger partial charge in [-0.2, -0.15) is 0 Å². The molecule has 1 heterocycles. The summed E-state index contributed by atoms with van der Waals surface area (Å²) in [6, 6.07) is 20.0. The average molecular weight is 265 g/mol. The number of hydrogen-bond donors (Lipinski definition) is 0. The maximum atomic E-state index is 2.45. The molecule has 1 heteroatoms. The third-order valence-corrected chi connectivity index (χ3v) is 4.73. The quantitative estimate of drug-likeness (QED) is 0.791. The lowest BCUT2D eigenvalue weighted by atomic mass is 9.64. The fourth-order valence-corrected chi connectivity index (χ4v) is 3.76.